The molecule has 0 saturated heterocycles. The van der Waals surface area contributed by atoms with Crippen LogP contribution in [0.1, 0.15) is 0 Å². The monoisotopic (exact) mass is 720 g/mol. The Hall–Kier alpha value is -7.16. The summed E-state index contributed by atoms with van der Waals surface area (Å²) in [6, 6.07) is 69.6. The second kappa shape index (κ2) is 13.9. The fraction of sp³-hybridized carbons (Fsp3) is 0. The first-order chi connectivity index (χ1) is 27.6. The number of halogens is 2. The van der Waals surface area contributed by atoms with Crippen molar-refractivity contribution in [3.8, 4) is 66.8 Å². The highest BCUT2D eigenvalue weighted by molar-refractivity contribution is 6.33. The molecule has 0 radical (unpaired) electrons. The molecule has 10 aromatic rings. The molecule has 56 heavy (non-hydrogen) atoms. The third kappa shape index (κ3) is 5.75. The molecular weight excluding hydrogens is 687 g/mol. The quantitative estimate of drug-likeness (QED) is 0.150. The molecule has 0 fully saturated rings. The van der Waals surface area contributed by atoms with Crippen LogP contribution in [0.4, 0.5) is 8.78 Å². The Labute approximate surface area is 324 Å². The van der Waals surface area contributed by atoms with E-state index in [-0.39, 0.29) is 11.6 Å². The van der Waals surface area contributed by atoms with E-state index in [0.717, 1.165) is 77.2 Å². The average molecular weight is 721 g/mol. The van der Waals surface area contributed by atoms with E-state index in [1.165, 1.54) is 34.0 Å². The molecule has 0 spiro atoms. The van der Waals surface area contributed by atoms with E-state index in [1.54, 1.807) is 24.3 Å². The molecule has 0 nitrogen and oxygen atoms in total. The van der Waals surface area contributed by atoms with Gasteiger partial charge in [0.25, 0.3) is 0 Å². The van der Waals surface area contributed by atoms with E-state index < -0.39 is 0 Å². The molecule has 10 rings (SSSR count). The Morgan fingerprint density at radius 3 is 0.804 bits per heavy atom. The Balaban J connectivity index is 1.39. The van der Waals surface area contributed by atoms with Crippen LogP contribution in [0, 0.1) is 11.6 Å². The van der Waals surface area contributed by atoms with Gasteiger partial charge >= 0.3 is 0 Å². The largest absolute Gasteiger partial charge is 0.207 e. The summed E-state index contributed by atoms with van der Waals surface area (Å²) in [6.07, 6.45) is 0. The van der Waals surface area contributed by atoms with Gasteiger partial charge in [0, 0.05) is 0 Å². The van der Waals surface area contributed by atoms with E-state index in [1.807, 2.05) is 12.1 Å². The lowest BCUT2D eigenvalue weighted by molar-refractivity contribution is 0.628. The average Bonchev–Trinajstić information content (AvgIpc) is 3.25. The summed E-state index contributed by atoms with van der Waals surface area (Å²) in [5, 5.41) is 6.93. The van der Waals surface area contributed by atoms with Gasteiger partial charge in [0.1, 0.15) is 11.6 Å². The topological polar surface area (TPSA) is 0 Å². The molecule has 0 aliphatic carbocycles. The van der Waals surface area contributed by atoms with E-state index in [9.17, 15) is 8.78 Å². The number of hydrogen-bond acceptors (Lipinski definition) is 0. The van der Waals surface area contributed by atoms with Gasteiger partial charge in [0.2, 0.25) is 0 Å². The first-order valence-corrected chi connectivity index (χ1v) is 18.9. The minimum atomic E-state index is -0.254. The molecule has 0 aliphatic rings. The van der Waals surface area contributed by atoms with Crippen LogP contribution in [0.5, 0.6) is 0 Å². The van der Waals surface area contributed by atoms with Gasteiger partial charge in [0.05, 0.1) is 0 Å². The van der Waals surface area contributed by atoms with Crippen LogP contribution in [-0.4, -0.2) is 0 Å². The summed E-state index contributed by atoms with van der Waals surface area (Å²) < 4.78 is 28.7. The van der Waals surface area contributed by atoms with Crippen LogP contribution in [0.2, 0.25) is 0 Å². The Bertz CT molecular complexity index is 2850. The highest BCUT2D eigenvalue weighted by atomic mass is 19.1. The number of hydrogen-bond donors (Lipinski definition) is 0. The van der Waals surface area contributed by atoms with E-state index in [4.69, 9.17) is 0 Å². The molecule has 264 valence electrons. The molecular formula is C54H34F2. The van der Waals surface area contributed by atoms with Crippen molar-refractivity contribution in [2.75, 3.05) is 0 Å². The summed E-state index contributed by atoms with van der Waals surface area (Å²) >= 11 is 0. The third-order valence-corrected chi connectivity index (χ3v) is 11.0. The maximum absolute atomic E-state index is 14.3. The maximum atomic E-state index is 14.3. The van der Waals surface area contributed by atoms with E-state index in [2.05, 4.69) is 158 Å². The van der Waals surface area contributed by atoms with E-state index in [0.29, 0.717) is 0 Å². The molecule has 0 amide bonds. The van der Waals surface area contributed by atoms with Gasteiger partial charge in [-0.1, -0.05) is 182 Å². The van der Waals surface area contributed by atoms with Crippen LogP contribution in [0.3, 0.4) is 0 Å². The SMILES string of the molecule is Fc1cccc(-c2ccc(-c3c4ccccc4c(-c4ccc(-c5cccc(F)c5)cc4)c4c(-c5ccccc5)c5ccccc5c(-c5ccccc5)c34)cc2)c1. The van der Waals surface area contributed by atoms with Gasteiger partial charge < -0.3 is 0 Å². The van der Waals surface area contributed by atoms with Gasteiger partial charge in [-0.15, -0.1) is 0 Å². The molecule has 0 aliphatic heterocycles. The minimum absolute atomic E-state index is 0.254. The zero-order chi connectivity index (χ0) is 37.6. The highest BCUT2D eigenvalue weighted by Crippen LogP contribution is 2.53. The lowest BCUT2D eigenvalue weighted by atomic mass is 9.77. The van der Waals surface area contributed by atoms with Gasteiger partial charge in [-0.3, -0.25) is 0 Å². The molecule has 0 aromatic heterocycles. The Morgan fingerprint density at radius 1 is 0.214 bits per heavy atom. The standard InChI is InChI=1S/C54H34F2/c55-43-19-11-17-41(33-43)35-25-29-39(30-26-35)51-47-23-9-10-24-48(47)52(40-31-27-36(28-32-40)42-18-12-20-44(56)34-42)54-50(38-15-5-2-6-16-38)46-22-8-7-21-45(46)49(53(51)54)37-13-3-1-4-14-37/h1-34H. The molecule has 0 bridgehead atoms. The number of benzene rings is 10. The summed E-state index contributed by atoms with van der Waals surface area (Å²) in [6.45, 7) is 0. The summed E-state index contributed by atoms with van der Waals surface area (Å²) in [5.41, 5.74) is 12.6. The van der Waals surface area contributed by atoms with Crippen LogP contribution in [0.25, 0.3) is 99.1 Å². The second-order valence-corrected chi connectivity index (χ2v) is 14.2. The fourth-order valence-electron chi connectivity index (χ4n) is 8.53. The number of fused-ring (bicyclic) bond motifs is 3. The molecule has 0 N–H and O–H groups in total. The minimum Gasteiger partial charge on any atom is -0.207 e. The zero-order valence-electron chi connectivity index (χ0n) is 30.4. The molecule has 0 unspecified atom stereocenters. The summed E-state index contributed by atoms with van der Waals surface area (Å²) in [7, 11) is 0. The normalized spacial score (nSPS) is 11.4. The summed E-state index contributed by atoms with van der Waals surface area (Å²) in [5.74, 6) is -0.508. The van der Waals surface area contributed by atoms with Gasteiger partial charge in [0.15, 0.2) is 0 Å². The smallest absolute Gasteiger partial charge is 0.123 e. The van der Waals surface area contributed by atoms with Gasteiger partial charge in [-0.25, -0.2) is 8.78 Å². The maximum Gasteiger partial charge on any atom is 0.123 e. The Kier molecular flexibility index (Phi) is 8.30. The lowest BCUT2D eigenvalue weighted by Crippen LogP contribution is -1.98. The van der Waals surface area contributed by atoms with Crippen LogP contribution in [-0.2, 0) is 0 Å². The van der Waals surface area contributed by atoms with Crippen molar-refractivity contribution in [2.24, 2.45) is 0 Å². The lowest BCUT2D eigenvalue weighted by Gasteiger charge is -2.25. The third-order valence-electron chi connectivity index (χ3n) is 11.0. The van der Waals surface area contributed by atoms with Crippen LogP contribution in [0.15, 0.2) is 206 Å². The van der Waals surface area contributed by atoms with Crippen molar-refractivity contribution in [3.63, 3.8) is 0 Å². The van der Waals surface area contributed by atoms with Crippen molar-refractivity contribution in [1.82, 2.24) is 0 Å². The first kappa shape index (κ1) is 33.4. The molecule has 0 atom stereocenters. The van der Waals surface area contributed by atoms with Gasteiger partial charge in [-0.2, -0.15) is 0 Å². The fourth-order valence-corrected chi connectivity index (χ4v) is 8.53. The van der Waals surface area contributed by atoms with Crippen molar-refractivity contribution in [2.45, 2.75) is 0 Å². The molecule has 10 aromatic carbocycles. The predicted molar refractivity (Wildman–Crippen MR) is 231 cm³/mol. The molecule has 0 heterocycles. The molecule has 0 saturated carbocycles. The highest BCUT2D eigenvalue weighted by Gasteiger charge is 2.26. The summed E-state index contributed by atoms with van der Waals surface area (Å²) in [4.78, 5) is 0. The van der Waals surface area contributed by atoms with Crippen molar-refractivity contribution in [3.05, 3.63) is 218 Å². The van der Waals surface area contributed by atoms with Crippen LogP contribution >= 0.6 is 0 Å². The van der Waals surface area contributed by atoms with E-state index >= 15 is 0 Å². The first-order valence-electron chi connectivity index (χ1n) is 18.9. The predicted octanol–water partition coefficient (Wildman–Crippen LogP) is 15.4. The van der Waals surface area contributed by atoms with Crippen molar-refractivity contribution in [1.29, 1.82) is 0 Å². The van der Waals surface area contributed by atoms with Crippen molar-refractivity contribution < 1.29 is 8.78 Å². The Morgan fingerprint density at radius 2 is 0.482 bits per heavy atom. The van der Waals surface area contributed by atoms with Gasteiger partial charge in [-0.05, 0) is 123 Å². The second-order valence-electron chi connectivity index (χ2n) is 14.2. The molecule has 2 heteroatoms. The van der Waals surface area contributed by atoms with Crippen LogP contribution < -0.4 is 0 Å². The van der Waals surface area contributed by atoms with Crippen molar-refractivity contribution >= 4 is 32.3 Å². The zero-order valence-corrected chi connectivity index (χ0v) is 30.4. The number of rotatable bonds is 6.